The maximum atomic E-state index is 11.6. The minimum absolute atomic E-state index is 0.0949. The fourth-order valence-corrected chi connectivity index (χ4v) is 4.00. The second-order valence-electron chi connectivity index (χ2n) is 5.83. The van der Waals surface area contributed by atoms with Gasteiger partial charge in [-0.25, -0.2) is 9.78 Å². The minimum atomic E-state index is -1.06. The third kappa shape index (κ3) is 5.99. The average Bonchev–Trinajstić information content (AvgIpc) is 3.06. The van der Waals surface area contributed by atoms with E-state index in [2.05, 4.69) is 31.1 Å². The number of carboxylic acid groups (broad SMARTS) is 1. The number of aliphatic carboxylic acids is 1. The van der Waals surface area contributed by atoms with E-state index in [0.29, 0.717) is 36.8 Å². The maximum Gasteiger partial charge on any atom is 0.342 e. The number of aromatic amines is 1. The van der Waals surface area contributed by atoms with E-state index in [1.54, 1.807) is 49.4 Å². The van der Waals surface area contributed by atoms with Gasteiger partial charge in [-0.3, -0.25) is 5.10 Å². The SMILES string of the molecule is Cc1nc(S/C(=C\c2ccc(OCc3ccc(Cl)cc3Cl)c(Br)c2)C(=O)O)n[nH]1. The first-order valence-electron chi connectivity index (χ1n) is 8.20. The number of benzene rings is 2. The highest BCUT2D eigenvalue weighted by molar-refractivity contribution is 9.10. The van der Waals surface area contributed by atoms with E-state index in [0.717, 1.165) is 17.3 Å². The molecule has 0 fully saturated rings. The van der Waals surface area contributed by atoms with E-state index in [4.69, 9.17) is 27.9 Å². The highest BCUT2D eigenvalue weighted by atomic mass is 79.9. The number of halogens is 3. The Labute approximate surface area is 189 Å². The molecule has 0 radical (unpaired) electrons. The lowest BCUT2D eigenvalue weighted by Gasteiger charge is -2.10. The van der Waals surface area contributed by atoms with Gasteiger partial charge in [0.25, 0.3) is 0 Å². The number of rotatable bonds is 7. The van der Waals surface area contributed by atoms with Crippen molar-refractivity contribution in [3.63, 3.8) is 0 Å². The van der Waals surface area contributed by atoms with E-state index in [1.807, 2.05) is 0 Å². The van der Waals surface area contributed by atoms with Gasteiger partial charge in [-0.2, -0.15) is 0 Å². The van der Waals surface area contributed by atoms with Gasteiger partial charge in [0.15, 0.2) is 0 Å². The summed E-state index contributed by atoms with van der Waals surface area (Å²) in [5.74, 6) is 0.149. The highest BCUT2D eigenvalue weighted by Crippen LogP contribution is 2.31. The molecule has 1 aromatic heterocycles. The molecule has 150 valence electrons. The molecular formula is C19H14BrCl2N3O3S. The molecule has 0 spiro atoms. The lowest BCUT2D eigenvalue weighted by molar-refractivity contribution is -0.131. The molecule has 2 N–H and O–H groups in total. The molecule has 0 aliphatic heterocycles. The Morgan fingerprint density at radius 2 is 2.10 bits per heavy atom. The Morgan fingerprint density at radius 3 is 2.72 bits per heavy atom. The normalized spacial score (nSPS) is 11.5. The fourth-order valence-electron chi connectivity index (χ4n) is 2.27. The molecule has 0 amide bonds. The van der Waals surface area contributed by atoms with E-state index < -0.39 is 5.97 Å². The van der Waals surface area contributed by atoms with Crippen LogP contribution in [0.2, 0.25) is 10.0 Å². The van der Waals surface area contributed by atoms with Crippen LogP contribution in [0.3, 0.4) is 0 Å². The quantitative estimate of drug-likeness (QED) is 0.298. The number of hydrogen-bond donors (Lipinski definition) is 2. The van der Waals surface area contributed by atoms with E-state index >= 15 is 0 Å². The number of thioether (sulfide) groups is 1. The van der Waals surface area contributed by atoms with Gasteiger partial charge in [0, 0.05) is 15.6 Å². The summed E-state index contributed by atoms with van der Waals surface area (Å²) >= 11 is 16.5. The van der Waals surface area contributed by atoms with Crippen molar-refractivity contribution in [1.29, 1.82) is 0 Å². The van der Waals surface area contributed by atoms with Crippen LogP contribution in [0.1, 0.15) is 17.0 Å². The first-order valence-corrected chi connectivity index (χ1v) is 10.6. The second kappa shape index (κ2) is 9.67. The maximum absolute atomic E-state index is 11.6. The summed E-state index contributed by atoms with van der Waals surface area (Å²) in [7, 11) is 0. The number of ether oxygens (including phenoxy) is 1. The standard InChI is InChI=1S/C19H14BrCl2N3O3S/c1-10-23-19(25-24-10)29-17(18(26)27)7-11-2-5-16(14(20)6-11)28-9-12-3-4-13(21)8-15(12)22/h2-8H,9H2,1H3,(H,26,27)(H,23,24,25)/b17-7-. The summed E-state index contributed by atoms with van der Waals surface area (Å²) in [6.45, 7) is 2.01. The molecule has 3 rings (SSSR count). The summed E-state index contributed by atoms with van der Waals surface area (Å²) < 4.78 is 6.49. The molecule has 0 atom stereocenters. The van der Waals surface area contributed by atoms with Gasteiger partial charge in [-0.05, 0) is 70.5 Å². The summed E-state index contributed by atoms with van der Waals surface area (Å²) in [4.78, 5) is 15.8. The fraction of sp³-hybridized carbons (Fsp3) is 0.105. The lowest BCUT2D eigenvalue weighted by Crippen LogP contribution is -1.98. The number of hydrogen-bond acceptors (Lipinski definition) is 5. The van der Waals surface area contributed by atoms with Crippen LogP contribution >= 0.6 is 50.9 Å². The number of carboxylic acids is 1. The van der Waals surface area contributed by atoms with Crippen LogP contribution in [0.15, 0.2) is 50.9 Å². The molecular weight excluding hydrogens is 501 g/mol. The molecule has 0 saturated heterocycles. The zero-order valence-electron chi connectivity index (χ0n) is 14.9. The number of nitrogens with one attached hydrogen (secondary N) is 1. The molecule has 6 nitrogen and oxygen atoms in total. The van der Waals surface area contributed by atoms with Crippen LogP contribution in [-0.2, 0) is 11.4 Å². The van der Waals surface area contributed by atoms with Crippen LogP contribution in [0.5, 0.6) is 5.75 Å². The molecule has 0 aliphatic rings. The molecule has 29 heavy (non-hydrogen) atoms. The molecule has 0 aliphatic carbocycles. The average molecular weight is 515 g/mol. The van der Waals surface area contributed by atoms with Crippen molar-refractivity contribution >= 4 is 62.9 Å². The number of carbonyl (C=O) groups is 1. The van der Waals surface area contributed by atoms with Crippen molar-refractivity contribution < 1.29 is 14.6 Å². The number of aromatic nitrogens is 3. The van der Waals surface area contributed by atoms with Gasteiger partial charge in [-0.1, -0.05) is 35.3 Å². The Bertz CT molecular complexity index is 1090. The zero-order chi connectivity index (χ0) is 21.0. The molecule has 0 unspecified atom stereocenters. The summed E-state index contributed by atoms with van der Waals surface area (Å²) in [5.41, 5.74) is 1.49. The van der Waals surface area contributed by atoms with E-state index in [-0.39, 0.29) is 11.5 Å². The van der Waals surface area contributed by atoms with Crippen molar-refractivity contribution in [1.82, 2.24) is 15.2 Å². The van der Waals surface area contributed by atoms with Crippen LogP contribution < -0.4 is 4.74 Å². The third-order valence-electron chi connectivity index (χ3n) is 3.64. The van der Waals surface area contributed by atoms with Crippen molar-refractivity contribution in [2.75, 3.05) is 0 Å². The second-order valence-corrected chi connectivity index (χ2v) is 8.54. The van der Waals surface area contributed by atoms with Gasteiger partial charge in [-0.15, -0.1) is 5.10 Å². The van der Waals surface area contributed by atoms with Gasteiger partial charge in [0.2, 0.25) is 5.16 Å². The van der Waals surface area contributed by atoms with Crippen molar-refractivity contribution in [3.8, 4) is 5.75 Å². The van der Waals surface area contributed by atoms with Crippen LogP contribution in [0, 0.1) is 6.92 Å². The lowest BCUT2D eigenvalue weighted by atomic mass is 10.2. The predicted octanol–water partition coefficient (Wildman–Crippen LogP) is 5.98. The first-order chi connectivity index (χ1) is 13.8. The molecule has 10 heteroatoms. The van der Waals surface area contributed by atoms with Crippen molar-refractivity contribution in [3.05, 3.63) is 72.8 Å². The van der Waals surface area contributed by atoms with Crippen LogP contribution in [0.4, 0.5) is 0 Å². The largest absolute Gasteiger partial charge is 0.488 e. The van der Waals surface area contributed by atoms with E-state index in [1.165, 1.54) is 0 Å². The molecule has 2 aromatic carbocycles. The van der Waals surface area contributed by atoms with Gasteiger partial charge in [0.1, 0.15) is 23.1 Å². The Morgan fingerprint density at radius 1 is 1.31 bits per heavy atom. The zero-order valence-corrected chi connectivity index (χ0v) is 18.9. The van der Waals surface area contributed by atoms with E-state index in [9.17, 15) is 9.90 Å². The third-order valence-corrected chi connectivity index (χ3v) is 5.72. The number of nitrogens with zero attached hydrogens (tertiary/aromatic N) is 2. The predicted molar refractivity (Wildman–Crippen MR) is 118 cm³/mol. The topological polar surface area (TPSA) is 88.1 Å². The number of H-pyrrole nitrogens is 1. The van der Waals surface area contributed by atoms with Gasteiger partial charge in [0.05, 0.1) is 4.47 Å². The Balaban J connectivity index is 1.74. The highest BCUT2D eigenvalue weighted by Gasteiger charge is 2.14. The smallest absolute Gasteiger partial charge is 0.342 e. The van der Waals surface area contributed by atoms with Gasteiger partial charge < -0.3 is 9.84 Å². The van der Waals surface area contributed by atoms with Crippen LogP contribution in [0.25, 0.3) is 6.08 Å². The molecule has 0 saturated carbocycles. The Hall–Kier alpha value is -2.00. The monoisotopic (exact) mass is 513 g/mol. The van der Waals surface area contributed by atoms with Gasteiger partial charge >= 0.3 is 5.97 Å². The van der Waals surface area contributed by atoms with Crippen molar-refractivity contribution in [2.24, 2.45) is 0 Å². The Kier molecular flexibility index (Phi) is 7.23. The minimum Gasteiger partial charge on any atom is -0.488 e. The van der Waals surface area contributed by atoms with Crippen LogP contribution in [-0.4, -0.2) is 26.3 Å². The first kappa shape index (κ1) is 21.7. The summed E-state index contributed by atoms with van der Waals surface area (Å²) in [6.07, 6.45) is 1.54. The number of aryl methyl sites for hydroxylation is 1. The molecule has 0 bridgehead atoms. The summed E-state index contributed by atoms with van der Waals surface area (Å²) in [5, 5.41) is 17.5. The molecule has 3 aromatic rings. The summed E-state index contributed by atoms with van der Waals surface area (Å²) in [6, 6.07) is 10.5. The van der Waals surface area contributed by atoms with Crippen molar-refractivity contribution in [2.45, 2.75) is 18.7 Å². The molecule has 1 heterocycles.